The largest absolute Gasteiger partial charge is 0.330 e. The molecule has 4 rings (SSSR count). The van der Waals surface area contributed by atoms with Crippen LogP contribution in [0.15, 0.2) is 47.3 Å². The number of carbonyl (C=O) groups is 2. The third-order valence-electron chi connectivity index (χ3n) is 4.03. The Morgan fingerprint density at radius 3 is 2.73 bits per heavy atom. The van der Waals surface area contributed by atoms with Crippen molar-refractivity contribution in [1.29, 1.82) is 0 Å². The molecule has 2 amide bonds. The number of nitrogens with zero attached hydrogens (tertiary/aromatic N) is 3. The van der Waals surface area contributed by atoms with Crippen molar-refractivity contribution in [2.24, 2.45) is 0 Å². The van der Waals surface area contributed by atoms with Crippen LogP contribution in [0.1, 0.15) is 0 Å². The average Bonchev–Trinajstić information content (AvgIpc) is 3.12. The van der Waals surface area contributed by atoms with Gasteiger partial charge in [-0.05, 0) is 30.4 Å². The van der Waals surface area contributed by atoms with Gasteiger partial charge in [0.25, 0.3) is 11.2 Å². The summed E-state index contributed by atoms with van der Waals surface area (Å²) in [5.74, 6) is -2.23. The van der Waals surface area contributed by atoms with E-state index in [4.69, 9.17) is 12.2 Å². The van der Waals surface area contributed by atoms with E-state index in [9.17, 15) is 24.5 Å². The average molecular weight is 442 g/mol. The Hall–Kier alpha value is -3.97. The van der Waals surface area contributed by atoms with Gasteiger partial charge >= 0.3 is 11.8 Å². The van der Waals surface area contributed by atoms with Crippen LogP contribution >= 0.6 is 23.6 Å². The van der Waals surface area contributed by atoms with Crippen molar-refractivity contribution < 1.29 is 14.5 Å². The summed E-state index contributed by atoms with van der Waals surface area (Å²) in [6, 6.07) is 10.6. The smallest absolute Gasteiger partial charge is 0.328 e. The van der Waals surface area contributed by atoms with Gasteiger partial charge in [0.15, 0.2) is 9.90 Å². The molecular weight excluding hydrogens is 432 g/mol. The van der Waals surface area contributed by atoms with Crippen molar-refractivity contribution in [3.05, 3.63) is 67.7 Å². The molecule has 0 unspecified atom stereocenters. The highest BCUT2D eigenvalue weighted by molar-refractivity contribution is 7.71. The van der Waals surface area contributed by atoms with Crippen LogP contribution in [0.4, 0.5) is 10.8 Å². The number of carbonyl (C=O) groups excluding carboxylic acids is 2. The minimum Gasteiger partial charge on any atom is -0.330 e. The highest BCUT2D eigenvalue weighted by Gasteiger charge is 2.19. The Morgan fingerprint density at radius 1 is 1.20 bits per heavy atom. The summed E-state index contributed by atoms with van der Waals surface area (Å²) < 4.78 is 1.14. The summed E-state index contributed by atoms with van der Waals surface area (Å²) in [5, 5.41) is 13.5. The first-order chi connectivity index (χ1) is 14.3. The first-order valence-corrected chi connectivity index (χ1v) is 9.47. The number of H-pyrrole nitrogens is 1. The molecule has 0 atom stereocenters. The molecule has 13 heteroatoms. The number of para-hydroxylation sites is 1. The van der Waals surface area contributed by atoms with Crippen LogP contribution in [0.25, 0.3) is 21.1 Å². The van der Waals surface area contributed by atoms with E-state index >= 15 is 0 Å². The number of amides is 2. The van der Waals surface area contributed by atoms with Gasteiger partial charge in [-0.15, -0.1) is 0 Å². The molecule has 2 heterocycles. The van der Waals surface area contributed by atoms with Gasteiger partial charge in [-0.3, -0.25) is 29.8 Å². The number of hydrogen-bond donors (Lipinski definition) is 3. The zero-order valence-electron chi connectivity index (χ0n) is 14.7. The number of nitro benzene ring substituents is 1. The molecule has 0 aliphatic rings. The highest BCUT2D eigenvalue weighted by Crippen LogP contribution is 2.29. The molecule has 0 bridgehead atoms. The van der Waals surface area contributed by atoms with Gasteiger partial charge in [0, 0.05) is 12.1 Å². The van der Waals surface area contributed by atoms with Gasteiger partial charge in [-0.1, -0.05) is 23.5 Å². The Morgan fingerprint density at radius 2 is 1.97 bits per heavy atom. The number of aromatic nitrogens is 3. The van der Waals surface area contributed by atoms with Gasteiger partial charge in [-0.2, -0.15) is 4.68 Å². The molecule has 0 radical (unpaired) electrons. The van der Waals surface area contributed by atoms with Gasteiger partial charge in [0.05, 0.1) is 26.0 Å². The van der Waals surface area contributed by atoms with Gasteiger partial charge in [-0.25, -0.2) is 10.4 Å². The molecule has 2 aromatic heterocycles. The maximum absolute atomic E-state index is 12.5. The minimum atomic E-state index is -1.14. The SMILES string of the molecule is O=C(Nc1nc2ccc([N+](=O)[O-])cc2s1)C(=O)Nn1c(=S)[nH]c2ccccc2c1=O. The molecule has 3 N–H and O–H groups in total. The second-order valence-corrected chi connectivity index (χ2v) is 7.36. The third-order valence-corrected chi connectivity index (χ3v) is 5.25. The van der Waals surface area contributed by atoms with E-state index in [1.807, 2.05) is 0 Å². The first kappa shape index (κ1) is 19.4. The molecular formula is C17H10N6O5S2. The van der Waals surface area contributed by atoms with Crippen LogP contribution in [0.2, 0.25) is 0 Å². The minimum absolute atomic E-state index is 0.0710. The van der Waals surface area contributed by atoms with Crippen LogP contribution in [0.5, 0.6) is 0 Å². The molecule has 0 saturated heterocycles. The number of hydrogen-bond acceptors (Lipinski definition) is 8. The van der Waals surface area contributed by atoms with Crippen LogP contribution in [-0.4, -0.2) is 31.4 Å². The van der Waals surface area contributed by atoms with E-state index in [2.05, 4.69) is 20.7 Å². The van der Waals surface area contributed by atoms with Crippen LogP contribution in [0.3, 0.4) is 0 Å². The number of aromatic amines is 1. The zero-order valence-corrected chi connectivity index (χ0v) is 16.4. The number of anilines is 1. The number of fused-ring (bicyclic) bond motifs is 2. The number of benzene rings is 2. The summed E-state index contributed by atoms with van der Waals surface area (Å²) in [6.45, 7) is 0. The van der Waals surface area contributed by atoms with Crippen molar-refractivity contribution in [2.75, 3.05) is 10.7 Å². The van der Waals surface area contributed by atoms with Gasteiger partial charge < -0.3 is 4.98 Å². The summed E-state index contributed by atoms with van der Waals surface area (Å²) in [5.41, 5.74) is 2.36. The van der Waals surface area contributed by atoms with Crippen LogP contribution in [-0.2, 0) is 9.59 Å². The highest BCUT2D eigenvalue weighted by atomic mass is 32.1. The predicted molar refractivity (Wildman–Crippen MR) is 113 cm³/mol. The molecule has 2 aromatic carbocycles. The summed E-state index contributed by atoms with van der Waals surface area (Å²) in [6.07, 6.45) is 0. The molecule has 0 aliphatic heterocycles. The maximum Gasteiger partial charge on any atom is 0.328 e. The number of thiazole rings is 1. The quantitative estimate of drug-likeness (QED) is 0.190. The lowest BCUT2D eigenvalue weighted by atomic mass is 10.2. The summed E-state index contributed by atoms with van der Waals surface area (Å²) >= 11 is 6.04. The molecule has 11 nitrogen and oxygen atoms in total. The fraction of sp³-hybridized carbons (Fsp3) is 0. The predicted octanol–water partition coefficient (Wildman–Crippen LogP) is 2.29. The first-order valence-electron chi connectivity index (χ1n) is 8.25. The lowest BCUT2D eigenvalue weighted by molar-refractivity contribution is -0.384. The Bertz CT molecular complexity index is 1470. The molecule has 4 aromatic rings. The molecule has 0 aliphatic carbocycles. The molecule has 0 saturated carbocycles. The van der Waals surface area contributed by atoms with E-state index in [-0.39, 0.29) is 21.0 Å². The van der Waals surface area contributed by atoms with Gasteiger partial charge in [0.2, 0.25) is 0 Å². The maximum atomic E-state index is 12.5. The van der Waals surface area contributed by atoms with Crippen molar-refractivity contribution >= 4 is 67.3 Å². The Kier molecular flexibility index (Phi) is 4.81. The lowest BCUT2D eigenvalue weighted by Crippen LogP contribution is -2.40. The fourth-order valence-electron chi connectivity index (χ4n) is 2.65. The number of non-ortho nitro benzene ring substituents is 1. The summed E-state index contributed by atoms with van der Waals surface area (Å²) in [4.78, 5) is 54.2. The number of nitro groups is 1. The molecule has 30 heavy (non-hydrogen) atoms. The molecule has 150 valence electrons. The second-order valence-electron chi connectivity index (χ2n) is 5.94. The van der Waals surface area contributed by atoms with Crippen molar-refractivity contribution in [3.63, 3.8) is 0 Å². The standard InChI is InChI=1S/C17H10N6O5S2/c24-13(20-16-18-11-6-5-8(23(27)28)7-12(11)30-16)14(25)21-22-15(26)9-3-1-2-4-10(9)19-17(22)29/h1-7H,(H,19,29)(H,21,25)(H,18,20,24). The normalized spacial score (nSPS) is 10.8. The number of nitrogens with one attached hydrogen (secondary N) is 3. The fourth-order valence-corrected chi connectivity index (χ4v) is 3.78. The molecule has 0 fully saturated rings. The Balaban J connectivity index is 1.56. The van der Waals surface area contributed by atoms with E-state index in [1.54, 1.807) is 24.3 Å². The number of rotatable bonds is 3. The van der Waals surface area contributed by atoms with E-state index in [1.165, 1.54) is 18.2 Å². The van der Waals surface area contributed by atoms with Crippen LogP contribution in [0, 0.1) is 14.9 Å². The van der Waals surface area contributed by atoms with Crippen molar-refractivity contribution in [2.45, 2.75) is 0 Å². The monoisotopic (exact) mass is 442 g/mol. The van der Waals surface area contributed by atoms with Crippen molar-refractivity contribution in [1.82, 2.24) is 14.6 Å². The molecule has 0 spiro atoms. The van der Waals surface area contributed by atoms with Crippen molar-refractivity contribution in [3.8, 4) is 0 Å². The topological polar surface area (TPSA) is 152 Å². The Labute approximate surface area is 175 Å². The van der Waals surface area contributed by atoms with E-state index < -0.39 is 22.3 Å². The van der Waals surface area contributed by atoms with Gasteiger partial charge in [0.1, 0.15) is 0 Å². The van der Waals surface area contributed by atoms with E-state index in [0.717, 1.165) is 16.0 Å². The summed E-state index contributed by atoms with van der Waals surface area (Å²) in [7, 11) is 0. The third kappa shape index (κ3) is 3.54. The van der Waals surface area contributed by atoms with E-state index in [0.29, 0.717) is 15.7 Å². The lowest BCUT2D eigenvalue weighted by Gasteiger charge is -2.09. The van der Waals surface area contributed by atoms with Crippen LogP contribution < -0.4 is 16.3 Å². The zero-order chi connectivity index (χ0) is 21.4. The second kappa shape index (κ2) is 7.46.